The highest BCUT2D eigenvalue weighted by Gasteiger charge is 2.37. The van der Waals surface area contributed by atoms with Crippen molar-refractivity contribution < 1.29 is 19.1 Å². The number of hydrogen-bond donors (Lipinski definition) is 1. The topological polar surface area (TPSA) is 79.0 Å². The Morgan fingerprint density at radius 1 is 1.23 bits per heavy atom. The van der Waals surface area contributed by atoms with E-state index in [1.165, 1.54) is 9.80 Å². The van der Waals surface area contributed by atoms with E-state index in [0.29, 0.717) is 26.1 Å². The summed E-state index contributed by atoms with van der Waals surface area (Å²) in [5, 5.41) is 2.70. The van der Waals surface area contributed by atoms with Crippen LogP contribution < -0.4 is 5.32 Å². The molecule has 2 fully saturated rings. The molecule has 1 atom stereocenters. The normalized spacial score (nSPS) is 23.0. The zero-order chi connectivity index (χ0) is 16.3. The van der Waals surface area contributed by atoms with Crippen molar-refractivity contribution >= 4 is 17.9 Å². The van der Waals surface area contributed by atoms with Gasteiger partial charge in [0.2, 0.25) is 11.8 Å². The highest BCUT2D eigenvalue weighted by Crippen LogP contribution is 2.22. The number of amides is 3. The Bertz CT molecular complexity index is 458. The van der Waals surface area contributed by atoms with Crippen molar-refractivity contribution in [2.45, 2.75) is 51.7 Å². The number of piperazine rings is 1. The molecule has 0 unspecified atom stereocenters. The summed E-state index contributed by atoms with van der Waals surface area (Å²) >= 11 is 0. The molecule has 0 aromatic rings. The third kappa shape index (κ3) is 4.11. The van der Waals surface area contributed by atoms with E-state index in [-0.39, 0.29) is 18.4 Å². The van der Waals surface area contributed by atoms with E-state index >= 15 is 0 Å². The third-order valence-corrected chi connectivity index (χ3v) is 3.77. The molecule has 3 amide bonds. The maximum atomic E-state index is 12.7. The van der Waals surface area contributed by atoms with Crippen LogP contribution in [-0.4, -0.2) is 65.5 Å². The van der Waals surface area contributed by atoms with Gasteiger partial charge in [0.15, 0.2) is 0 Å². The van der Waals surface area contributed by atoms with E-state index < -0.39 is 17.7 Å². The SMILES string of the molecule is CC(C)(C)OC(=O)N1CCCC[C@H]1C(=O)N1CCNC(=O)C1. The molecular formula is C15H25N3O4. The molecule has 7 nitrogen and oxygen atoms in total. The fraction of sp³-hybridized carbons (Fsp3) is 0.800. The molecule has 2 heterocycles. The summed E-state index contributed by atoms with van der Waals surface area (Å²) < 4.78 is 5.40. The number of nitrogens with zero attached hydrogens (tertiary/aromatic N) is 2. The van der Waals surface area contributed by atoms with Crippen LogP contribution in [-0.2, 0) is 14.3 Å². The number of carbonyl (C=O) groups excluding carboxylic acids is 3. The predicted molar refractivity (Wildman–Crippen MR) is 80.2 cm³/mol. The van der Waals surface area contributed by atoms with Crippen molar-refractivity contribution in [3.8, 4) is 0 Å². The van der Waals surface area contributed by atoms with Gasteiger partial charge in [0.1, 0.15) is 11.6 Å². The Balaban J connectivity index is 2.07. The smallest absolute Gasteiger partial charge is 0.410 e. The number of carbonyl (C=O) groups is 3. The summed E-state index contributed by atoms with van der Waals surface area (Å²) in [6, 6.07) is -0.519. The van der Waals surface area contributed by atoms with Crippen LogP contribution in [0.2, 0.25) is 0 Å². The second-order valence-electron chi connectivity index (χ2n) is 6.80. The van der Waals surface area contributed by atoms with Gasteiger partial charge in [0, 0.05) is 19.6 Å². The highest BCUT2D eigenvalue weighted by atomic mass is 16.6. The van der Waals surface area contributed by atoms with E-state index in [2.05, 4.69) is 5.32 Å². The van der Waals surface area contributed by atoms with E-state index in [9.17, 15) is 14.4 Å². The van der Waals surface area contributed by atoms with E-state index in [1.54, 1.807) is 20.8 Å². The van der Waals surface area contributed by atoms with Crippen molar-refractivity contribution in [3.05, 3.63) is 0 Å². The molecule has 0 radical (unpaired) electrons. The monoisotopic (exact) mass is 311 g/mol. The maximum absolute atomic E-state index is 12.7. The van der Waals surface area contributed by atoms with Gasteiger partial charge >= 0.3 is 6.09 Å². The summed E-state index contributed by atoms with van der Waals surface area (Å²) in [7, 11) is 0. The van der Waals surface area contributed by atoms with Gasteiger partial charge in [0.25, 0.3) is 0 Å². The first-order valence-electron chi connectivity index (χ1n) is 7.83. The fourth-order valence-electron chi connectivity index (χ4n) is 2.76. The van der Waals surface area contributed by atoms with Crippen LogP contribution in [0.3, 0.4) is 0 Å². The zero-order valence-electron chi connectivity index (χ0n) is 13.6. The molecule has 2 saturated heterocycles. The first-order valence-corrected chi connectivity index (χ1v) is 7.83. The van der Waals surface area contributed by atoms with Crippen LogP contribution in [0, 0.1) is 0 Å². The number of hydrogen-bond acceptors (Lipinski definition) is 4. The van der Waals surface area contributed by atoms with Crippen molar-refractivity contribution in [1.29, 1.82) is 0 Å². The predicted octanol–water partition coefficient (Wildman–Crippen LogP) is 0.734. The fourth-order valence-corrected chi connectivity index (χ4v) is 2.76. The van der Waals surface area contributed by atoms with Gasteiger partial charge in [-0.25, -0.2) is 4.79 Å². The van der Waals surface area contributed by atoms with Crippen molar-refractivity contribution in [3.63, 3.8) is 0 Å². The quantitative estimate of drug-likeness (QED) is 0.774. The minimum Gasteiger partial charge on any atom is -0.444 e. The van der Waals surface area contributed by atoms with Crippen molar-refractivity contribution in [1.82, 2.24) is 15.1 Å². The Hall–Kier alpha value is -1.79. The number of piperidine rings is 1. The molecule has 0 saturated carbocycles. The Labute approximate surface area is 131 Å². The summed E-state index contributed by atoms with van der Waals surface area (Å²) in [6.45, 7) is 6.96. The summed E-state index contributed by atoms with van der Waals surface area (Å²) in [6.07, 6.45) is 1.93. The standard InChI is InChI=1S/C15H25N3O4/c1-15(2,3)22-14(21)18-8-5-4-6-11(18)13(20)17-9-7-16-12(19)10-17/h11H,4-10H2,1-3H3,(H,16,19)/t11-/m0/s1. The Morgan fingerprint density at radius 2 is 1.95 bits per heavy atom. The van der Waals surface area contributed by atoms with Crippen LogP contribution >= 0.6 is 0 Å². The second kappa shape index (κ2) is 6.54. The largest absolute Gasteiger partial charge is 0.444 e. The van der Waals surface area contributed by atoms with Gasteiger partial charge in [-0.1, -0.05) is 0 Å². The van der Waals surface area contributed by atoms with Crippen LogP contribution in [0.25, 0.3) is 0 Å². The van der Waals surface area contributed by atoms with Gasteiger partial charge in [-0.15, -0.1) is 0 Å². The summed E-state index contributed by atoms with van der Waals surface area (Å²) in [5.41, 5.74) is -0.590. The van der Waals surface area contributed by atoms with E-state index in [4.69, 9.17) is 4.74 Å². The average Bonchev–Trinajstić information content (AvgIpc) is 2.44. The van der Waals surface area contributed by atoms with Crippen LogP contribution in [0.4, 0.5) is 4.79 Å². The van der Waals surface area contributed by atoms with Gasteiger partial charge < -0.3 is 15.0 Å². The Morgan fingerprint density at radius 3 is 2.59 bits per heavy atom. The minimum atomic E-state index is -0.590. The number of rotatable bonds is 1. The lowest BCUT2D eigenvalue weighted by molar-refractivity contribution is -0.143. The minimum absolute atomic E-state index is 0.0670. The second-order valence-corrected chi connectivity index (χ2v) is 6.80. The maximum Gasteiger partial charge on any atom is 0.410 e. The molecular weight excluding hydrogens is 286 g/mol. The summed E-state index contributed by atoms with van der Waals surface area (Å²) in [5.74, 6) is -0.306. The molecule has 7 heteroatoms. The zero-order valence-corrected chi connectivity index (χ0v) is 13.6. The number of ether oxygens (including phenoxy) is 1. The van der Waals surface area contributed by atoms with E-state index in [0.717, 1.165) is 12.8 Å². The summed E-state index contributed by atoms with van der Waals surface area (Å²) in [4.78, 5) is 39.5. The van der Waals surface area contributed by atoms with Gasteiger partial charge in [0.05, 0.1) is 6.54 Å². The Kier molecular flexibility index (Phi) is 4.93. The molecule has 0 bridgehead atoms. The van der Waals surface area contributed by atoms with Crippen molar-refractivity contribution in [2.24, 2.45) is 0 Å². The molecule has 0 spiro atoms. The van der Waals surface area contributed by atoms with Crippen LogP contribution in [0.15, 0.2) is 0 Å². The number of likely N-dealkylation sites (tertiary alicyclic amines) is 1. The lowest BCUT2D eigenvalue weighted by Gasteiger charge is -2.39. The highest BCUT2D eigenvalue weighted by molar-refractivity contribution is 5.90. The molecule has 0 aromatic carbocycles. The lowest BCUT2D eigenvalue weighted by atomic mass is 10.0. The molecule has 124 valence electrons. The molecule has 22 heavy (non-hydrogen) atoms. The van der Waals surface area contributed by atoms with Crippen LogP contribution in [0.5, 0.6) is 0 Å². The molecule has 2 aliphatic heterocycles. The molecule has 2 aliphatic rings. The van der Waals surface area contributed by atoms with E-state index in [1.807, 2.05) is 0 Å². The van der Waals surface area contributed by atoms with Crippen LogP contribution in [0.1, 0.15) is 40.0 Å². The van der Waals surface area contributed by atoms with Gasteiger partial charge in [-0.3, -0.25) is 14.5 Å². The third-order valence-electron chi connectivity index (χ3n) is 3.77. The average molecular weight is 311 g/mol. The van der Waals surface area contributed by atoms with Crippen molar-refractivity contribution in [2.75, 3.05) is 26.2 Å². The number of nitrogens with one attached hydrogen (secondary N) is 1. The molecule has 0 aromatic heterocycles. The van der Waals surface area contributed by atoms with Gasteiger partial charge in [-0.05, 0) is 40.0 Å². The molecule has 0 aliphatic carbocycles. The molecule has 2 rings (SSSR count). The first kappa shape index (κ1) is 16.6. The lowest BCUT2D eigenvalue weighted by Crippen LogP contribution is -2.58. The van der Waals surface area contributed by atoms with Gasteiger partial charge in [-0.2, -0.15) is 0 Å². The molecule has 1 N–H and O–H groups in total. The first-order chi connectivity index (χ1) is 10.3.